The van der Waals surface area contributed by atoms with Crippen LogP contribution in [0.25, 0.3) is 0 Å². The molecule has 0 aliphatic carbocycles. The van der Waals surface area contributed by atoms with E-state index in [9.17, 15) is 4.79 Å². The third kappa shape index (κ3) is 13.7. The predicted octanol–water partition coefficient (Wildman–Crippen LogP) is 2.22. The van der Waals surface area contributed by atoms with Crippen LogP contribution in [-0.2, 0) is 4.79 Å². The molecule has 0 aliphatic heterocycles. The van der Waals surface area contributed by atoms with Crippen molar-refractivity contribution in [2.75, 3.05) is 13.1 Å². The van der Waals surface area contributed by atoms with Gasteiger partial charge in [0, 0.05) is 6.54 Å². The normalized spacial score (nSPS) is 12.0. The molecule has 0 heterocycles. The zero-order valence-electron chi connectivity index (χ0n) is 14.0. The summed E-state index contributed by atoms with van der Waals surface area (Å²) < 4.78 is 0. The summed E-state index contributed by atoms with van der Waals surface area (Å²) in [7, 11) is 0. The first-order valence-electron chi connectivity index (χ1n) is 8.59. The van der Waals surface area contributed by atoms with E-state index in [1.54, 1.807) is 0 Å². The smallest absolute Gasteiger partial charge is 0.320 e. The molecule has 0 bridgehead atoms. The molecule has 0 aromatic heterocycles. The van der Waals surface area contributed by atoms with Gasteiger partial charge in [-0.1, -0.05) is 51.9 Å². The highest BCUT2D eigenvalue weighted by Gasteiger charge is 2.15. The number of carboxylic acids is 1. The second-order valence-corrected chi connectivity index (χ2v) is 5.77. The minimum absolute atomic E-state index is 0.0544. The van der Waals surface area contributed by atoms with Crippen LogP contribution < -0.4 is 16.8 Å². The summed E-state index contributed by atoms with van der Waals surface area (Å²) >= 11 is 0. The Morgan fingerprint density at radius 2 is 1.64 bits per heavy atom. The SMILES string of the molecule is CCCCCCCCCCNC(CCCN=C(N)N)C(=O)O. The first-order valence-corrected chi connectivity index (χ1v) is 8.59. The van der Waals surface area contributed by atoms with Gasteiger partial charge < -0.3 is 21.9 Å². The van der Waals surface area contributed by atoms with Crippen molar-refractivity contribution in [3.8, 4) is 0 Å². The quantitative estimate of drug-likeness (QED) is 0.210. The summed E-state index contributed by atoms with van der Waals surface area (Å²) in [6.45, 7) is 3.46. The molecule has 22 heavy (non-hydrogen) atoms. The lowest BCUT2D eigenvalue weighted by atomic mass is 10.1. The molecule has 6 nitrogen and oxygen atoms in total. The molecule has 0 saturated carbocycles. The first-order chi connectivity index (χ1) is 10.6. The number of hydrogen-bond donors (Lipinski definition) is 4. The molecule has 0 aromatic carbocycles. The largest absolute Gasteiger partial charge is 0.480 e. The van der Waals surface area contributed by atoms with Gasteiger partial charge in [-0.05, 0) is 25.8 Å². The minimum Gasteiger partial charge on any atom is -0.480 e. The lowest BCUT2D eigenvalue weighted by molar-refractivity contribution is -0.139. The van der Waals surface area contributed by atoms with Crippen molar-refractivity contribution in [3.63, 3.8) is 0 Å². The van der Waals surface area contributed by atoms with Crippen LogP contribution in [0.1, 0.15) is 71.1 Å². The molecule has 0 aliphatic rings. The molecular formula is C16H34N4O2. The van der Waals surface area contributed by atoms with Crippen molar-refractivity contribution in [1.82, 2.24) is 5.32 Å². The Labute approximate surface area is 134 Å². The zero-order chi connectivity index (χ0) is 16.6. The Bertz CT molecular complexity index is 305. The highest BCUT2D eigenvalue weighted by Crippen LogP contribution is 2.08. The number of aliphatic carboxylic acids is 1. The van der Waals surface area contributed by atoms with Gasteiger partial charge in [-0.2, -0.15) is 0 Å². The number of carboxylic acid groups (broad SMARTS) is 1. The molecule has 0 fully saturated rings. The van der Waals surface area contributed by atoms with Crippen LogP contribution in [0.4, 0.5) is 0 Å². The second kappa shape index (κ2) is 14.6. The maximum absolute atomic E-state index is 11.1. The van der Waals surface area contributed by atoms with E-state index in [-0.39, 0.29) is 5.96 Å². The molecule has 0 aromatic rings. The van der Waals surface area contributed by atoms with Crippen LogP contribution in [0.2, 0.25) is 0 Å². The van der Waals surface area contributed by atoms with Crippen LogP contribution in [0, 0.1) is 0 Å². The zero-order valence-corrected chi connectivity index (χ0v) is 14.0. The molecule has 0 amide bonds. The Hall–Kier alpha value is -1.30. The summed E-state index contributed by atoms with van der Waals surface area (Å²) in [4.78, 5) is 15.0. The Morgan fingerprint density at radius 1 is 1.05 bits per heavy atom. The van der Waals surface area contributed by atoms with E-state index in [1.165, 1.54) is 44.9 Å². The van der Waals surface area contributed by atoms with Crippen molar-refractivity contribution < 1.29 is 9.90 Å². The second-order valence-electron chi connectivity index (χ2n) is 5.77. The molecule has 1 unspecified atom stereocenters. The molecule has 130 valence electrons. The van der Waals surface area contributed by atoms with Gasteiger partial charge in [0.2, 0.25) is 0 Å². The fourth-order valence-corrected chi connectivity index (χ4v) is 2.35. The number of rotatable bonds is 15. The van der Waals surface area contributed by atoms with Crippen molar-refractivity contribution >= 4 is 11.9 Å². The van der Waals surface area contributed by atoms with Crippen molar-refractivity contribution in [1.29, 1.82) is 0 Å². The fourth-order valence-electron chi connectivity index (χ4n) is 2.35. The van der Waals surface area contributed by atoms with E-state index in [4.69, 9.17) is 16.6 Å². The van der Waals surface area contributed by atoms with Crippen LogP contribution in [0.15, 0.2) is 4.99 Å². The van der Waals surface area contributed by atoms with E-state index < -0.39 is 12.0 Å². The lowest BCUT2D eigenvalue weighted by Gasteiger charge is -2.13. The summed E-state index contributed by atoms with van der Waals surface area (Å²) in [6, 6.07) is -0.501. The van der Waals surface area contributed by atoms with E-state index >= 15 is 0 Å². The van der Waals surface area contributed by atoms with Gasteiger partial charge in [-0.25, -0.2) is 0 Å². The highest BCUT2D eigenvalue weighted by molar-refractivity contribution is 5.75. The van der Waals surface area contributed by atoms with Crippen LogP contribution in [0.3, 0.4) is 0 Å². The number of nitrogens with two attached hydrogens (primary N) is 2. The number of carbonyl (C=O) groups is 1. The monoisotopic (exact) mass is 314 g/mol. The van der Waals surface area contributed by atoms with Gasteiger partial charge in [-0.3, -0.25) is 9.79 Å². The number of nitrogens with one attached hydrogen (secondary N) is 1. The van der Waals surface area contributed by atoms with Gasteiger partial charge >= 0.3 is 5.97 Å². The highest BCUT2D eigenvalue weighted by atomic mass is 16.4. The van der Waals surface area contributed by atoms with Crippen LogP contribution in [0.5, 0.6) is 0 Å². The van der Waals surface area contributed by atoms with Crippen molar-refractivity contribution in [2.45, 2.75) is 77.2 Å². The fraction of sp³-hybridized carbons (Fsp3) is 0.875. The van der Waals surface area contributed by atoms with E-state index in [0.29, 0.717) is 19.4 Å². The molecule has 0 rings (SSSR count). The summed E-state index contributed by atoms with van der Waals surface area (Å²) in [6.07, 6.45) is 11.2. The van der Waals surface area contributed by atoms with E-state index in [0.717, 1.165) is 13.0 Å². The molecular weight excluding hydrogens is 280 g/mol. The number of hydrogen-bond acceptors (Lipinski definition) is 3. The van der Waals surface area contributed by atoms with Gasteiger partial charge in [-0.15, -0.1) is 0 Å². The van der Waals surface area contributed by atoms with Gasteiger partial charge in [0.05, 0.1) is 0 Å². The lowest BCUT2D eigenvalue weighted by Crippen LogP contribution is -2.37. The molecule has 1 atom stereocenters. The molecule has 6 N–H and O–H groups in total. The van der Waals surface area contributed by atoms with E-state index in [1.807, 2.05) is 0 Å². The Morgan fingerprint density at radius 3 is 2.18 bits per heavy atom. The summed E-state index contributed by atoms with van der Waals surface area (Å²) in [5, 5.41) is 12.3. The van der Waals surface area contributed by atoms with Crippen LogP contribution >= 0.6 is 0 Å². The summed E-state index contributed by atoms with van der Waals surface area (Å²) in [5.41, 5.74) is 10.5. The van der Waals surface area contributed by atoms with Crippen LogP contribution in [-0.4, -0.2) is 36.2 Å². The van der Waals surface area contributed by atoms with Gasteiger partial charge in [0.15, 0.2) is 5.96 Å². The average molecular weight is 314 g/mol. The molecule has 6 heteroatoms. The standard InChI is InChI=1S/C16H34N4O2/c1-2-3-4-5-6-7-8-9-12-19-14(15(21)22)11-10-13-20-16(17)18/h14,19H,2-13H2,1H3,(H,21,22)(H4,17,18,20). The maximum Gasteiger partial charge on any atom is 0.320 e. The van der Waals surface area contributed by atoms with E-state index in [2.05, 4.69) is 17.2 Å². The number of nitrogens with zero attached hydrogens (tertiary/aromatic N) is 1. The molecule has 0 spiro atoms. The van der Waals surface area contributed by atoms with Crippen molar-refractivity contribution in [3.05, 3.63) is 0 Å². The topological polar surface area (TPSA) is 114 Å². The minimum atomic E-state index is -0.802. The third-order valence-corrected chi connectivity index (χ3v) is 3.66. The predicted molar refractivity (Wildman–Crippen MR) is 91.9 cm³/mol. The maximum atomic E-state index is 11.1. The molecule has 0 saturated heterocycles. The number of unbranched alkanes of at least 4 members (excludes halogenated alkanes) is 7. The number of aliphatic imine (C=N–C) groups is 1. The van der Waals surface area contributed by atoms with Crippen molar-refractivity contribution in [2.24, 2.45) is 16.5 Å². The average Bonchev–Trinajstić information content (AvgIpc) is 2.47. The Balaban J connectivity index is 3.57. The Kier molecular flexibility index (Phi) is 13.8. The third-order valence-electron chi connectivity index (χ3n) is 3.66. The molecule has 0 radical (unpaired) electrons. The summed E-state index contributed by atoms with van der Waals surface area (Å²) in [5.74, 6) is -0.747. The number of guanidine groups is 1. The van der Waals surface area contributed by atoms with Gasteiger partial charge in [0.25, 0.3) is 0 Å². The first kappa shape index (κ1) is 20.7. The van der Waals surface area contributed by atoms with Gasteiger partial charge in [0.1, 0.15) is 6.04 Å².